The number of carbonyl (C=O) groups is 2. The van der Waals surface area contributed by atoms with Crippen molar-refractivity contribution in [3.63, 3.8) is 0 Å². The van der Waals surface area contributed by atoms with Crippen LogP contribution in [0.25, 0.3) is 0 Å². The van der Waals surface area contributed by atoms with Gasteiger partial charge in [0.05, 0.1) is 43.6 Å². The monoisotopic (exact) mass is 975 g/mol. The van der Waals surface area contributed by atoms with E-state index in [1.807, 2.05) is 6.92 Å². The van der Waals surface area contributed by atoms with Crippen LogP contribution in [-0.2, 0) is 25.7 Å². The van der Waals surface area contributed by atoms with Gasteiger partial charge in [-0.05, 0) is 79.4 Å². The molecule has 0 saturated heterocycles. The number of carbonyl (C=O) groups excluding carboxylic acids is 2. The van der Waals surface area contributed by atoms with Crippen molar-refractivity contribution < 1.29 is 59.2 Å². The van der Waals surface area contributed by atoms with Gasteiger partial charge in [-0.15, -0.1) is 6.58 Å². The van der Waals surface area contributed by atoms with Crippen LogP contribution in [0.5, 0.6) is 0 Å². The van der Waals surface area contributed by atoms with Gasteiger partial charge in [0.1, 0.15) is 6.10 Å². The van der Waals surface area contributed by atoms with E-state index in [-0.39, 0.29) is 41.9 Å². The number of nitrogens with zero attached hydrogens (tertiary/aromatic N) is 3. The van der Waals surface area contributed by atoms with Gasteiger partial charge in [-0.2, -0.15) is 26.3 Å². The molecule has 3 heterocycles. The predicted octanol–water partition coefficient (Wildman–Crippen LogP) is 13.5. The molecule has 0 fully saturated rings. The van der Waals surface area contributed by atoms with E-state index >= 15 is 0 Å². The van der Waals surface area contributed by atoms with E-state index in [2.05, 4.69) is 22.0 Å². The summed E-state index contributed by atoms with van der Waals surface area (Å²) in [4.78, 5) is 39.8. The molecule has 7 rings (SSSR count). The number of benzene rings is 4. The van der Waals surface area contributed by atoms with Crippen LogP contribution < -0.4 is 0 Å². The quantitative estimate of drug-likeness (QED) is 0.0682. The van der Waals surface area contributed by atoms with Gasteiger partial charge in [-0.1, -0.05) is 92.2 Å². The number of alkyl halides is 6. The van der Waals surface area contributed by atoms with E-state index in [9.17, 15) is 44.7 Å². The fourth-order valence-corrected chi connectivity index (χ4v) is 8.22. The molecule has 0 N–H and O–H groups in total. The van der Waals surface area contributed by atoms with E-state index in [1.165, 1.54) is 30.3 Å². The fraction of sp³-hybridized carbons (Fsp3) is 0.295. The molecule has 0 aliphatic carbocycles. The summed E-state index contributed by atoms with van der Waals surface area (Å²) in [5, 5.41) is 8.94. The number of halogens is 12. The Hall–Kier alpha value is -5.03. The highest BCUT2D eigenvalue weighted by Crippen LogP contribution is 2.51. The minimum atomic E-state index is -4.91. The number of aryl methyl sites for hydroxylation is 2. The van der Waals surface area contributed by atoms with Crippen molar-refractivity contribution in [1.29, 1.82) is 0 Å². The molecule has 0 aromatic heterocycles. The van der Waals surface area contributed by atoms with Gasteiger partial charge in [-0.3, -0.25) is 9.59 Å². The standard InChI is InChI=1S/C23H18Cl2F4N2O3.C21H15Cl2F4NO2/c1-11-5-13(3-4-16(11)20(32)9-15-6-12(2)30-33-15)19-10-22(34-31-19,23(27,28)29)14-7-17(24)21(26)18(25)8-14;1-3-4-18(29)14-6-5-12(7-11(14)2)17-10-20(30-28-17,21(25,26)27)13-8-15(22)19(24)16(23)9-13/h3-5,7-8,15H,6,9-10H2,1-2H3;3,5-9H,1,4,10H2,2H3/t15?,22-;20-/m00/s1. The predicted molar refractivity (Wildman–Crippen MR) is 226 cm³/mol. The first-order valence-corrected chi connectivity index (χ1v) is 20.4. The van der Waals surface area contributed by atoms with Crippen LogP contribution in [0.3, 0.4) is 0 Å². The van der Waals surface area contributed by atoms with Crippen molar-refractivity contribution in [1.82, 2.24) is 0 Å². The van der Waals surface area contributed by atoms with Crippen molar-refractivity contribution in [2.45, 2.75) is 82.5 Å². The van der Waals surface area contributed by atoms with Crippen LogP contribution in [0, 0.1) is 25.5 Å². The summed E-state index contributed by atoms with van der Waals surface area (Å²) in [6, 6.07) is 12.5. The van der Waals surface area contributed by atoms with Crippen LogP contribution in [0.4, 0.5) is 35.1 Å². The minimum absolute atomic E-state index is 0.0131. The van der Waals surface area contributed by atoms with E-state index in [0.29, 0.717) is 39.8 Å². The average molecular weight is 978 g/mol. The Bertz CT molecular complexity index is 2610. The first-order chi connectivity index (χ1) is 29.9. The summed E-state index contributed by atoms with van der Waals surface area (Å²) < 4.78 is 112. The summed E-state index contributed by atoms with van der Waals surface area (Å²) in [5.41, 5.74) is -3.09. The second-order valence-electron chi connectivity index (χ2n) is 15.1. The average Bonchev–Trinajstić information content (AvgIpc) is 3.98. The number of allylic oxidation sites excluding steroid dienone is 1. The summed E-state index contributed by atoms with van der Waals surface area (Å²) in [5.74, 6) is -2.36. The molecule has 4 aromatic carbocycles. The fourth-order valence-electron chi connectivity index (χ4n) is 7.24. The molecule has 0 saturated carbocycles. The Morgan fingerprint density at radius 1 is 0.688 bits per heavy atom. The second-order valence-corrected chi connectivity index (χ2v) is 16.8. The van der Waals surface area contributed by atoms with Gasteiger partial charge in [0.25, 0.3) is 11.2 Å². The number of hydrogen-bond donors (Lipinski definition) is 0. The van der Waals surface area contributed by atoms with Gasteiger partial charge < -0.3 is 14.5 Å². The Balaban J connectivity index is 0.000000214. The smallest absolute Gasteiger partial charge is 0.392 e. The van der Waals surface area contributed by atoms with E-state index in [1.54, 1.807) is 26.0 Å². The van der Waals surface area contributed by atoms with Crippen molar-refractivity contribution in [2.75, 3.05) is 0 Å². The lowest BCUT2D eigenvalue weighted by Gasteiger charge is -2.29. The lowest BCUT2D eigenvalue weighted by atomic mass is 9.86. The molecule has 0 amide bonds. The van der Waals surface area contributed by atoms with Crippen LogP contribution in [0.2, 0.25) is 20.1 Å². The zero-order valence-electron chi connectivity index (χ0n) is 33.6. The topological polar surface area (TPSA) is 98.9 Å². The Kier molecular flexibility index (Phi) is 14.0. The van der Waals surface area contributed by atoms with Crippen molar-refractivity contribution in [3.8, 4) is 0 Å². The lowest BCUT2D eigenvalue weighted by Crippen LogP contribution is -2.42. The van der Waals surface area contributed by atoms with Crippen LogP contribution >= 0.6 is 46.4 Å². The SMILES string of the molecule is C=CCC(=O)c1ccc(C2=NO[C@@](c3cc(Cl)c(F)c(Cl)c3)(C(F)(F)F)C2)cc1C.CC1=NOC(CC(=O)c2ccc(C3=NO[C@@](c4cc(Cl)c(F)c(Cl)c4)(C(F)(F)F)C3)cc2C)C1. The summed E-state index contributed by atoms with van der Waals surface area (Å²) in [6.07, 6.45) is -9.17. The maximum Gasteiger partial charge on any atom is 0.435 e. The molecule has 1 unspecified atom stereocenters. The number of Topliss-reactive ketones (excluding diaryl/α,β-unsaturated/α-hetero) is 2. The van der Waals surface area contributed by atoms with Gasteiger partial charge in [0, 0.05) is 47.9 Å². The van der Waals surface area contributed by atoms with E-state index in [4.69, 9.17) is 60.9 Å². The number of rotatable bonds is 10. The molecule has 3 aliphatic heterocycles. The molecule has 0 radical (unpaired) electrons. The highest BCUT2D eigenvalue weighted by atomic mass is 35.5. The molecule has 4 aromatic rings. The van der Waals surface area contributed by atoms with Crippen molar-refractivity contribution >= 4 is 75.1 Å². The van der Waals surface area contributed by atoms with Gasteiger partial charge >= 0.3 is 12.4 Å². The Morgan fingerprint density at radius 2 is 1.09 bits per heavy atom. The molecule has 3 atom stereocenters. The maximum atomic E-state index is 14.2. The van der Waals surface area contributed by atoms with Gasteiger partial charge in [0.2, 0.25) is 0 Å². The molecule has 20 heteroatoms. The minimum Gasteiger partial charge on any atom is -0.392 e. The Labute approximate surface area is 380 Å². The number of hydrogen-bond acceptors (Lipinski definition) is 8. The largest absolute Gasteiger partial charge is 0.435 e. The normalized spacial score (nSPS) is 20.5. The van der Waals surface area contributed by atoms with Crippen molar-refractivity contribution in [3.05, 3.63) is 150 Å². The zero-order valence-corrected chi connectivity index (χ0v) is 36.6. The Morgan fingerprint density at radius 3 is 1.44 bits per heavy atom. The summed E-state index contributed by atoms with van der Waals surface area (Å²) >= 11 is 22.9. The van der Waals surface area contributed by atoms with E-state index in [0.717, 1.165) is 30.0 Å². The third kappa shape index (κ3) is 9.51. The van der Waals surface area contributed by atoms with Crippen LogP contribution in [0.1, 0.15) is 93.1 Å². The highest BCUT2D eigenvalue weighted by molar-refractivity contribution is 6.35. The molecule has 0 bridgehead atoms. The maximum absolute atomic E-state index is 14.2. The highest BCUT2D eigenvalue weighted by Gasteiger charge is 2.63. The second kappa shape index (κ2) is 18.5. The third-order valence-corrected chi connectivity index (χ3v) is 11.7. The first-order valence-electron chi connectivity index (χ1n) is 18.9. The van der Waals surface area contributed by atoms with Gasteiger partial charge in [0.15, 0.2) is 23.2 Å². The molecule has 8 nitrogen and oxygen atoms in total. The molecule has 64 heavy (non-hydrogen) atoms. The van der Waals surface area contributed by atoms with Crippen LogP contribution in [0.15, 0.2) is 88.8 Å². The molecule has 0 spiro atoms. The van der Waals surface area contributed by atoms with Crippen LogP contribution in [-0.4, -0.2) is 47.2 Å². The molecular weight excluding hydrogens is 944 g/mol. The third-order valence-electron chi connectivity index (χ3n) is 10.6. The number of ketones is 2. The summed E-state index contributed by atoms with van der Waals surface area (Å²) in [7, 11) is 0. The van der Waals surface area contributed by atoms with Crippen molar-refractivity contribution in [2.24, 2.45) is 15.5 Å². The lowest BCUT2D eigenvalue weighted by molar-refractivity contribution is -0.276. The molecule has 338 valence electrons. The first kappa shape index (κ1) is 48.4. The molecular formula is C44H33Cl4F8N3O5. The zero-order chi connectivity index (χ0) is 47.1. The van der Waals surface area contributed by atoms with Gasteiger partial charge in [-0.25, -0.2) is 8.78 Å². The number of oxime groups is 3. The molecule has 3 aliphatic rings. The van der Waals surface area contributed by atoms with E-state index < -0.39 is 79.2 Å². The summed E-state index contributed by atoms with van der Waals surface area (Å²) in [6.45, 7) is 8.68.